The van der Waals surface area contributed by atoms with Gasteiger partial charge in [0.15, 0.2) is 0 Å². The maximum atomic E-state index is 2.49. The van der Waals surface area contributed by atoms with E-state index in [1.807, 2.05) is 0 Å². The van der Waals surface area contributed by atoms with Crippen molar-refractivity contribution in [3.05, 3.63) is 29.3 Å². The molecule has 0 amide bonds. The average molecular weight is 414 g/mol. The molecule has 0 fully saturated rings. The Labute approximate surface area is 153 Å². The minimum atomic E-state index is 0. The molecular formula is C19H31IN2. The Morgan fingerprint density at radius 2 is 1.68 bits per heavy atom. The normalized spacial score (nSPS) is 14.5. The Hall–Kier alpha value is -0.580. The lowest BCUT2D eigenvalue weighted by atomic mass is 9.92. The second-order valence-corrected chi connectivity index (χ2v) is 6.79. The van der Waals surface area contributed by atoms with Gasteiger partial charge < -0.3 is 24.0 Å². The van der Waals surface area contributed by atoms with E-state index >= 15 is 0 Å². The monoisotopic (exact) mass is 414 g/mol. The first-order chi connectivity index (χ1) is 10.0. The summed E-state index contributed by atoms with van der Waals surface area (Å²) in [6, 6.07) is 6.82. The fourth-order valence-electron chi connectivity index (χ4n) is 3.09. The molecule has 0 bridgehead atoms. The van der Waals surface area contributed by atoms with E-state index in [4.69, 9.17) is 0 Å². The standard InChI is InChI=1S/C19H31N2.HI/c1-6-7-11-20-12-13-21(14-20)19-17(15(2)3)9-8-10-18(19)16(4)5;/h8-10,14-16H,6-7,11-13H2,1-5H3;1H/q+1;/p-1. The zero-order valence-corrected chi connectivity index (χ0v) is 16.9. The van der Waals surface area contributed by atoms with Gasteiger partial charge in [-0.15, -0.1) is 0 Å². The molecule has 1 aromatic carbocycles. The molecule has 0 radical (unpaired) electrons. The largest absolute Gasteiger partial charge is 1.00 e. The van der Waals surface area contributed by atoms with Crippen LogP contribution in [0, 0.1) is 0 Å². The molecule has 1 aliphatic heterocycles. The Morgan fingerprint density at radius 3 is 2.18 bits per heavy atom. The highest BCUT2D eigenvalue weighted by atomic mass is 127. The van der Waals surface area contributed by atoms with Crippen LogP contribution in [0.5, 0.6) is 0 Å². The van der Waals surface area contributed by atoms with Crippen molar-refractivity contribution in [2.45, 2.75) is 59.3 Å². The van der Waals surface area contributed by atoms with Gasteiger partial charge >= 0.3 is 0 Å². The Morgan fingerprint density at radius 1 is 1.09 bits per heavy atom. The zero-order chi connectivity index (χ0) is 15.4. The van der Waals surface area contributed by atoms with Crippen LogP contribution in [-0.4, -0.2) is 30.5 Å². The van der Waals surface area contributed by atoms with Gasteiger partial charge in [0.05, 0.1) is 6.54 Å². The number of halogens is 1. The van der Waals surface area contributed by atoms with Crippen molar-refractivity contribution in [2.24, 2.45) is 0 Å². The second-order valence-electron chi connectivity index (χ2n) is 6.79. The summed E-state index contributed by atoms with van der Waals surface area (Å²) in [5.74, 6) is 1.13. The van der Waals surface area contributed by atoms with E-state index in [0.29, 0.717) is 11.8 Å². The molecule has 0 saturated carbocycles. The van der Waals surface area contributed by atoms with Gasteiger partial charge in [0.25, 0.3) is 0 Å². The maximum absolute atomic E-state index is 2.49. The molecule has 2 rings (SSSR count). The predicted octanol–water partition coefficient (Wildman–Crippen LogP) is 1.60. The van der Waals surface area contributed by atoms with Crippen molar-refractivity contribution in [1.82, 2.24) is 0 Å². The van der Waals surface area contributed by atoms with Gasteiger partial charge in [-0.1, -0.05) is 59.2 Å². The SMILES string of the molecule is CCCC[N+]1=CN(c2c(C(C)C)cccc2C(C)C)CC1.[I-]. The Bertz CT molecular complexity index is 480. The summed E-state index contributed by atoms with van der Waals surface area (Å²) < 4.78 is 2.48. The third-order valence-electron chi connectivity index (χ3n) is 4.36. The summed E-state index contributed by atoms with van der Waals surface area (Å²) in [7, 11) is 0. The molecule has 2 nitrogen and oxygen atoms in total. The van der Waals surface area contributed by atoms with Gasteiger partial charge in [-0.25, -0.2) is 4.90 Å². The van der Waals surface area contributed by atoms with Crippen molar-refractivity contribution in [2.75, 3.05) is 24.5 Å². The van der Waals surface area contributed by atoms with E-state index < -0.39 is 0 Å². The van der Waals surface area contributed by atoms with Gasteiger partial charge in [0, 0.05) is 11.1 Å². The Balaban J connectivity index is 0.00000242. The van der Waals surface area contributed by atoms with Gasteiger partial charge in [-0.3, -0.25) is 4.58 Å². The van der Waals surface area contributed by atoms with Gasteiger partial charge in [-0.05, 0) is 18.3 Å². The van der Waals surface area contributed by atoms with Crippen LogP contribution in [0.4, 0.5) is 5.69 Å². The van der Waals surface area contributed by atoms with Crippen LogP contribution in [-0.2, 0) is 0 Å². The van der Waals surface area contributed by atoms with E-state index in [1.165, 1.54) is 36.2 Å². The summed E-state index contributed by atoms with van der Waals surface area (Å²) in [6.45, 7) is 14.9. The highest BCUT2D eigenvalue weighted by Crippen LogP contribution is 2.35. The summed E-state index contributed by atoms with van der Waals surface area (Å²) in [6.07, 6.45) is 4.90. The van der Waals surface area contributed by atoms with Crippen LogP contribution in [0.2, 0.25) is 0 Å². The predicted molar refractivity (Wildman–Crippen MR) is 92.9 cm³/mol. The molecular weight excluding hydrogens is 383 g/mol. The topological polar surface area (TPSA) is 6.25 Å². The van der Waals surface area contributed by atoms with E-state index in [-0.39, 0.29) is 24.0 Å². The minimum absolute atomic E-state index is 0. The van der Waals surface area contributed by atoms with Crippen molar-refractivity contribution >= 4 is 12.0 Å². The van der Waals surface area contributed by atoms with Crippen molar-refractivity contribution in [3.8, 4) is 0 Å². The lowest BCUT2D eigenvalue weighted by molar-refractivity contribution is -0.514. The molecule has 0 spiro atoms. The number of rotatable bonds is 6. The Kier molecular flexibility index (Phi) is 7.87. The molecule has 0 unspecified atom stereocenters. The summed E-state index contributed by atoms with van der Waals surface area (Å²) in [5, 5.41) is 0. The molecule has 0 saturated heterocycles. The fraction of sp³-hybridized carbons (Fsp3) is 0.632. The van der Waals surface area contributed by atoms with Crippen molar-refractivity contribution in [3.63, 3.8) is 0 Å². The number of nitrogens with zero attached hydrogens (tertiary/aromatic N) is 2. The van der Waals surface area contributed by atoms with Crippen LogP contribution in [0.15, 0.2) is 18.2 Å². The van der Waals surface area contributed by atoms with E-state index in [2.05, 4.69) is 68.6 Å². The minimum Gasteiger partial charge on any atom is -1.00 e. The van der Waals surface area contributed by atoms with Gasteiger partial charge in [0.2, 0.25) is 6.34 Å². The molecule has 124 valence electrons. The molecule has 0 N–H and O–H groups in total. The fourth-order valence-corrected chi connectivity index (χ4v) is 3.09. The first-order valence-corrected chi connectivity index (χ1v) is 8.53. The summed E-state index contributed by atoms with van der Waals surface area (Å²) in [4.78, 5) is 2.49. The second kappa shape index (κ2) is 8.90. The summed E-state index contributed by atoms with van der Waals surface area (Å²) >= 11 is 0. The van der Waals surface area contributed by atoms with E-state index in [1.54, 1.807) is 0 Å². The van der Waals surface area contributed by atoms with E-state index in [9.17, 15) is 0 Å². The average Bonchev–Trinajstić information content (AvgIpc) is 2.92. The van der Waals surface area contributed by atoms with Crippen molar-refractivity contribution in [1.29, 1.82) is 0 Å². The maximum Gasteiger partial charge on any atom is 0.239 e. The quantitative estimate of drug-likeness (QED) is 0.507. The number of benzene rings is 1. The molecule has 1 aliphatic rings. The number of unbranched alkanes of at least 4 members (excludes halogenated alkanes) is 1. The molecule has 0 aliphatic carbocycles. The molecule has 0 aromatic heterocycles. The number of para-hydroxylation sites is 1. The lowest BCUT2D eigenvalue weighted by Gasteiger charge is -2.20. The molecule has 1 aromatic rings. The van der Waals surface area contributed by atoms with Crippen molar-refractivity contribution < 1.29 is 28.6 Å². The van der Waals surface area contributed by atoms with Crippen LogP contribution in [0.1, 0.15) is 70.4 Å². The van der Waals surface area contributed by atoms with Crippen LogP contribution in [0.25, 0.3) is 0 Å². The van der Waals surface area contributed by atoms with Gasteiger partial charge in [-0.2, -0.15) is 0 Å². The van der Waals surface area contributed by atoms with Crippen LogP contribution >= 0.6 is 0 Å². The van der Waals surface area contributed by atoms with E-state index in [0.717, 1.165) is 13.1 Å². The van der Waals surface area contributed by atoms with Crippen LogP contribution in [0.3, 0.4) is 0 Å². The molecule has 3 heteroatoms. The smallest absolute Gasteiger partial charge is 0.239 e. The van der Waals surface area contributed by atoms with Gasteiger partial charge in [0.1, 0.15) is 18.8 Å². The highest BCUT2D eigenvalue weighted by Gasteiger charge is 2.27. The third-order valence-corrected chi connectivity index (χ3v) is 4.36. The first kappa shape index (κ1) is 19.5. The zero-order valence-electron chi connectivity index (χ0n) is 14.8. The molecule has 1 heterocycles. The lowest BCUT2D eigenvalue weighted by Crippen LogP contribution is -3.00. The number of hydrogen-bond donors (Lipinski definition) is 0. The number of hydrogen-bond acceptors (Lipinski definition) is 1. The first-order valence-electron chi connectivity index (χ1n) is 8.53. The highest BCUT2D eigenvalue weighted by molar-refractivity contribution is 5.81. The summed E-state index contributed by atoms with van der Waals surface area (Å²) in [5.41, 5.74) is 4.42. The van der Waals surface area contributed by atoms with Crippen LogP contribution < -0.4 is 28.9 Å². The number of anilines is 1. The third kappa shape index (κ3) is 4.46. The molecule has 22 heavy (non-hydrogen) atoms. The molecule has 0 atom stereocenters.